The molecule has 12 rings (SSSR count). The van der Waals surface area contributed by atoms with Crippen LogP contribution in [0.1, 0.15) is 176 Å². The summed E-state index contributed by atoms with van der Waals surface area (Å²) in [5, 5.41) is 2.84. The lowest BCUT2D eigenvalue weighted by Gasteiger charge is -2.55. The maximum Gasteiger partial charge on any atom is 0.328 e. The fourth-order valence-electron chi connectivity index (χ4n) is 13.8. The largest absolute Gasteiger partial charge is 0.400 e. The minimum Gasteiger partial charge on any atom is -0.400 e. The van der Waals surface area contributed by atoms with Crippen molar-refractivity contribution < 1.29 is 0 Å². The van der Waals surface area contributed by atoms with Gasteiger partial charge in [-0.1, -0.05) is 164 Å². The number of hydrogen-bond acceptors (Lipinski definition) is 3. The molecule has 7 aromatic rings. The second-order valence-electron chi connectivity index (χ2n) is 26.8. The molecule has 2 aliphatic carbocycles. The molecule has 1 fully saturated rings. The SMILES string of the molecule is CC(C)(C)c1ccc(N2c3cc4sc5cc6c(cc5c4cc3B3c4c(cc(C(C)(C)C)cc42)-c2cc(C(C)(C)C)cc4c2N3C2(C)CCCCC42C)C(C)(C)CCC6(C)C)c(-c2ccccc2)c1. The zero-order chi connectivity index (χ0) is 48.0. The highest BCUT2D eigenvalue weighted by atomic mass is 32.1. The van der Waals surface area contributed by atoms with Crippen LogP contribution in [0.5, 0.6) is 0 Å². The summed E-state index contributed by atoms with van der Waals surface area (Å²) in [6.45, 7) is 36.9. The van der Waals surface area contributed by atoms with Crippen LogP contribution in [0, 0.1) is 0 Å². The summed E-state index contributed by atoms with van der Waals surface area (Å²) in [5.74, 6) is 0. The highest BCUT2D eigenvalue weighted by molar-refractivity contribution is 7.26. The first-order valence-electron chi connectivity index (χ1n) is 26.0. The first-order chi connectivity index (χ1) is 31.8. The van der Waals surface area contributed by atoms with E-state index in [4.69, 9.17) is 0 Å². The Morgan fingerprint density at radius 3 is 1.76 bits per heavy atom. The molecule has 0 bridgehead atoms. The Hall–Kier alpha value is -4.80. The topological polar surface area (TPSA) is 6.48 Å². The average Bonchev–Trinajstić information content (AvgIpc) is 3.73. The van der Waals surface area contributed by atoms with Crippen LogP contribution in [0.15, 0.2) is 97.1 Å². The molecule has 2 unspecified atom stereocenters. The summed E-state index contributed by atoms with van der Waals surface area (Å²) >= 11 is 2.01. The lowest BCUT2D eigenvalue weighted by molar-refractivity contribution is 0.199. The van der Waals surface area contributed by atoms with Gasteiger partial charge < -0.3 is 9.71 Å². The van der Waals surface area contributed by atoms with E-state index < -0.39 is 0 Å². The van der Waals surface area contributed by atoms with Crippen molar-refractivity contribution in [2.24, 2.45) is 0 Å². The van der Waals surface area contributed by atoms with E-state index in [9.17, 15) is 0 Å². The van der Waals surface area contributed by atoms with Crippen molar-refractivity contribution in [1.82, 2.24) is 0 Å². The van der Waals surface area contributed by atoms with E-state index in [1.807, 2.05) is 11.3 Å². The van der Waals surface area contributed by atoms with Gasteiger partial charge in [-0.05, 0) is 158 Å². The highest BCUT2D eigenvalue weighted by Gasteiger charge is 2.63. The van der Waals surface area contributed by atoms with Crippen molar-refractivity contribution in [3.8, 4) is 22.3 Å². The summed E-state index contributed by atoms with van der Waals surface area (Å²) in [7, 11) is 0. The van der Waals surface area contributed by atoms with Gasteiger partial charge in [0.15, 0.2) is 0 Å². The van der Waals surface area contributed by atoms with Crippen molar-refractivity contribution in [3.05, 3.63) is 130 Å². The molecule has 0 amide bonds. The molecule has 3 aliphatic heterocycles. The van der Waals surface area contributed by atoms with Crippen molar-refractivity contribution in [2.45, 2.75) is 180 Å². The highest BCUT2D eigenvalue weighted by Crippen LogP contribution is 2.64. The molecular formula is C64H73BN2S. The predicted octanol–water partition coefficient (Wildman–Crippen LogP) is 16.9. The fraction of sp³-hybridized carbons (Fsp3) is 0.438. The molecule has 348 valence electrons. The molecule has 0 radical (unpaired) electrons. The first kappa shape index (κ1) is 44.4. The average molecular weight is 913 g/mol. The Kier molecular flexibility index (Phi) is 9.12. The van der Waals surface area contributed by atoms with Crippen LogP contribution >= 0.6 is 11.3 Å². The molecule has 0 spiro atoms. The zero-order valence-corrected chi connectivity index (χ0v) is 44.7. The lowest BCUT2D eigenvalue weighted by atomic mass is 9.42. The van der Waals surface area contributed by atoms with E-state index >= 15 is 0 Å². The second kappa shape index (κ2) is 14.0. The molecule has 0 saturated heterocycles. The van der Waals surface area contributed by atoms with Crippen molar-refractivity contribution in [3.63, 3.8) is 0 Å². The van der Waals surface area contributed by atoms with E-state index in [2.05, 4.69) is 211 Å². The third-order valence-corrected chi connectivity index (χ3v) is 19.6. The third-order valence-electron chi connectivity index (χ3n) is 18.5. The standard InChI is InChI=1S/C64H73BN2S/c1-58(2,3)39-23-24-51(42(29-39)38-21-17-16-18-22-38)66-52-37-55-44(43-34-47-48(36-54(43)68-55)62(12,13)28-27-61(47,10)11)35-50(52)65-56-45(30-41(33-53(56)66)60(7,8)9)46-31-40(59(4,5)6)32-49-57(46)67(65)64(15)26-20-19-25-63(49,64)14/h16-18,21-24,29-37H,19-20,25-28H2,1-15H3. The molecule has 5 aliphatic rings. The minimum absolute atomic E-state index is 0.00549. The molecule has 4 heteroatoms. The van der Waals surface area contributed by atoms with Crippen LogP contribution in [0.3, 0.4) is 0 Å². The third kappa shape index (κ3) is 6.07. The normalized spacial score (nSPS) is 22.2. The van der Waals surface area contributed by atoms with Crippen LogP contribution < -0.4 is 20.6 Å². The van der Waals surface area contributed by atoms with Crippen LogP contribution in [-0.2, 0) is 32.5 Å². The van der Waals surface area contributed by atoms with Gasteiger partial charge in [0.1, 0.15) is 0 Å². The smallest absolute Gasteiger partial charge is 0.328 e. The van der Waals surface area contributed by atoms with Crippen LogP contribution in [0.2, 0.25) is 0 Å². The summed E-state index contributed by atoms with van der Waals surface area (Å²) in [4.78, 5) is 5.78. The molecule has 1 saturated carbocycles. The molecular weight excluding hydrogens is 840 g/mol. The van der Waals surface area contributed by atoms with E-state index in [1.54, 1.807) is 16.7 Å². The van der Waals surface area contributed by atoms with Gasteiger partial charge in [-0.25, -0.2) is 0 Å². The Balaban J connectivity index is 1.25. The number of hydrogen-bond donors (Lipinski definition) is 0. The van der Waals surface area contributed by atoms with Gasteiger partial charge in [-0.15, -0.1) is 11.3 Å². The quantitative estimate of drug-likeness (QED) is 0.160. The van der Waals surface area contributed by atoms with Gasteiger partial charge in [0.2, 0.25) is 0 Å². The maximum absolute atomic E-state index is 3.04. The number of rotatable bonds is 2. The Morgan fingerprint density at radius 1 is 0.500 bits per heavy atom. The van der Waals surface area contributed by atoms with E-state index in [0.717, 1.165) is 0 Å². The van der Waals surface area contributed by atoms with Crippen molar-refractivity contribution in [1.29, 1.82) is 0 Å². The van der Waals surface area contributed by atoms with Gasteiger partial charge in [0.05, 0.1) is 5.69 Å². The molecule has 4 heterocycles. The summed E-state index contributed by atoms with van der Waals surface area (Å²) in [6, 6.07) is 39.8. The maximum atomic E-state index is 3.04. The molecule has 0 N–H and O–H groups in total. The Labute approximate surface area is 412 Å². The molecule has 2 atom stereocenters. The van der Waals surface area contributed by atoms with Crippen molar-refractivity contribution >= 4 is 72.0 Å². The number of nitrogens with zero attached hydrogens (tertiary/aromatic N) is 2. The Morgan fingerprint density at radius 2 is 1.09 bits per heavy atom. The van der Waals surface area contributed by atoms with Gasteiger partial charge >= 0.3 is 6.85 Å². The van der Waals surface area contributed by atoms with Gasteiger partial charge in [-0.2, -0.15) is 0 Å². The van der Waals surface area contributed by atoms with Gasteiger partial charge in [0.25, 0.3) is 0 Å². The minimum atomic E-state index is -0.0741. The molecule has 2 nitrogen and oxygen atoms in total. The monoisotopic (exact) mass is 913 g/mol. The number of benzene rings is 6. The van der Waals surface area contributed by atoms with Gasteiger partial charge in [0, 0.05) is 59.3 Å². The predicted molar refractivity (Wildman–Crippen MR) is 298 cm³/mol. The fourth-order valence-corrected chi connectivity index (χ4v) is 15.0. The summed E-state index contributed by atoms with van der Waals surface area (Å²) in [6.07, 6.45) is 7.38. The number of fused-ring (bicyclic) bond motifs is 11. The zero-order valence-electron chi connectivity index (χ0n) is 43.9. The molecule has 1 aromatic heterocycles. The van der Waals surface area contributed by atoms with E-state index in [0.29, 0.717) is 0 Å². The number of thiophene rings is 1. The van der Waals surface area contributed by atoms with Gasteiger partial charge in [-0.3, -0.25) is 0 Å². The van der Waals surface area contributed by atoms with Crippen molar-refractivity contribution in [2.75, 3.05) is 9.71 Å². The lowest BCUT2D eigenvalue weighted by Crippen LogP contribution is -2.70. The van der Waals surface area contributed by atoms with Crippen LogP contribution in [0.4, 0.5) is 22.7 Å². The first-order valence-corrected chi connectivity index (χ1v) is 26.9. The Bertz CT molecular complexity index is 3290. The van der Waals surface area contributed by atoms with E-state index in [1.165, 1.54) is 131 Å². The van der Waals surface area contributed by atoms with Crippen LogP contribution in [-0.4, -0.2) is 12.4 Å². The molecule has 6 aromatic carbocycles. The number of anilines is 4. The summed E-state index contributed by atoms with van der Waals surface area (Å²) < 4.78 is 2.80. The van der Waals surface area contributed by atoms with E-state index in [-0.39, 0.29) is 44.9 Å². The molecule has 68 heavy (non-hydrogen) atoms. The summed E-state index contributed by atoms with van der Waals surface area (Å²) in [5.41, 5.74) is 22.8. The second-order valence-corrected chi connectivity index (χ2v) is 27.9. The van der Waals surface area contributed by atoms with Crippen LogP contribution in [0.25, 0.3) is 42.4 Å².